The molecule has 1 N–H and O–H groups in total. The van der Waals surface area contributed by atoms with Gasteiger partial charge in [0.2, 0.25) is 5.91 Å². The van der Waals surface area contributed by atoms with Gasteiger partial charge in [0.1, 0.15) is 17.4 Å². The number of hydrogen-bond donors (Lipinski definition) is 1. The summed E-state index contributed by atoms with van der Waals surface area (Å²) in [6, 6.07) is 14.1. The number of hydrogen-bond acceptors (Lipinski definition) is 7. The van der Waals surface area contributed by atoms with Crippen molar-refractivity contribution >= 4 is 63.8 Å². The van der Waals surface area contributed by atoms with Crippen LogP contribution in [0.2, 0.25) is 5.02 Å². The molecule has 2 heterocycles. The van der Waals surface area contributed by atoms with E-state index in [9.17, 15) is 9.59 Å². The third-order valence-corrected chi connectivity index (χ3v) is 5.38. The maximum atomic E-state index is 12.4. The fourth-order valence-corrected chi connectivity index (χ4v) is 3.66. The highest BCUT2D eigenvalue weighted by Gasteiger charge is 2.37. The van der Waals surface area contributed by atoms with Gasteiger partial charge < -0.3 is 10.1 Å². The molecule has 0 radical (unpaired) electrons. The molecule has 2 amide bonds. The van der Waals surface area contributed by atoms with E-state index >= 15 is 0 Å². The average molecular weight is 442 g/mol. The zero-order chi connectivity index (χ0) is 21.1. The molecular formula is C20H16ClN5O3S. The minimum absolute atomic E-state index is 0.0473. The third kappa shape index (κ3) is 4.22. The first-order chi connectivity index (χ1) is 14.5. The van der Waals surface area contributed by atoms with Crippen LogP contribution in [0.4, 0.5) is 11.4 Å². The number of para-hydroxylation sites is 2. The van der Waals surface area contributed by atoms with E-state index in [-0.39, 0.29) is 22.7 Å². The number of hydrazone groups is 1. The predicted octanol–water partition coefficient (Wildman–Crippen LogP) is 3.44. The Labute approximate surface area is 181 Å². The molecule has 8 nitrogen and oxygen atoms in total. The van der Waals surface area contributed by atoms with Crippen LogP contribution in [-0.4, -0.2) is 41.9 Å². The Bertz CT molecular complexity index is 1080. The summed E-state index contributed by atoms with van der Waals surface area (Å²) >= 11 is 6.92. The fourth-order valence-electron chi connectivity index (χ4n) is 2.88. The van der Waals surface area contributed by atoms with Crippen LogP contribution in [0.5, 0.6) is 5.75 Å². The fraction of sp³-hybridized carbons (Fsp3) is 0.150. The van der Waals surface area contributed by atoms with Crippen LogP contribution in [-0.2, 0) is 9.59 Å². The number of carbonyl (C=O) groups excluding carboxylic acids is 2. The number of ether oxygens (including phenoxy) is 1. The summed E-state index contributed by atoms with van der Waals surface area (Å²) in [4.78, 5) is 33.1. The van der Waals surface area contributed by atoms with Crippen molar-refractivity contribution in [2.75, 3.05) is 23.2 Å². The third-order valence-electron chi connectivity index (χ3n) is 4.28. The van der Waals surface area contributed by atoms with Crippen molar-refractivity contribution in [3.63, 3.8) is 0 Å². The van der Waals surface area contributed by atoms with E-state index in [1.165, 1.54) is 6.21 Å². The molecule has 0 spiro atoms. The summed E-state index contributed by atoms with van der Waals surface area (Å²) in [5, 5.41) is 9.42. The largest absolute Gasteiger partial charge is 0.494 e. The average Bonchev–Trinajstić information content (AvgIpc) is 3.18. The van der Waals surface area contributed by atoms with Crippen LogP contribution >= 0.6 is 23.4 Å². The van der Waals surface area contributed by atoms with Crippen LogP contribution < -0.4 is 15.1 Å². The van der Waals surface area contributed by atoms with Crippen molar-refractivity contribution in [3.8, 4) is 5.75 Å². The van der Waals surface area contributed by atoms with Crippen LogP contribution in [0.15, 0.2) is 63.6 Å². The number of carbonyl (C=O) groups is 2. The monoisotopic (exact) mass is 441 g/mol. The number of anilines is 2. The Balaban J connectivity index is 1.47. The summed E-state index contributed by atoms with van der Waals surface area (Å²) in [6.07, 6.45) is 1.51. The topological polar surface area (TPSA) is 95.7 Å². The number of aliphatic imine (C=N–C) groups is 2. The van der Waals surface area contributed by atoms with Crippen LogP contribution in [0.3, 0.4) is 0 Å². The van der Waals surface area contributed by atoms with E-state index in [4.69, 9.17) is 16.3 Å². The summed E-state index contributed by atoms with van der Waals surface area (Å²) in [7, 11) is 1.56. The Hall–Kier alpha value is -3.17. The first-order valence-electron chi connectivity index (χ1n) is 8.92. The second-order valence-electron chi connectivity index (χ2n) is 6.27. The first kappa shape index (κ1) is 20.1. The molecule has 0 saturated heterocycles. The Morgan fingerprint density at radius 3 is 2.73 bits per heavy atom. The lowest BCUT2D eigenvalue weighted by Gasteiger charge is -2.21. The lowest BCUT2D eigenvalue weighted by molar-refractivity contribution is -0.118. The summed E-state index contributed by atoms with van der Waals surface area (Å²) in [5.41, 5.74) is 1.29. The zero-order valence-corrected chi connectivity index (χ0v) is 17.4. The van der Waals surface area contributed by atoms with Crippen LogP contribution in [0.1, 0.15) is 0 Å². The lowest BCUT2D eigenvalue weighted by Crippen LogP contribution is -2.34. The minimum Gasteiger partial charge on any atom is -0.494 e. The zero-order valence-electron chi connectivity index (χ0n) is 15.8. The van der Waals surface area contributed by atoms with Gasteiger partial charge >= 0.3 is 0 Å². The first-order valence-corrected chi connectivity index (χ1v) is 10.3. The van der Waals surface area contributed by atoms with E-state index in [0.29, 0.717) is 28.0 Å². The van der Waals surface area contributed by atoms with Crippen molar-refractivity contribution in [1.82, 2.24) is 0 Å². The number of rotatable bonds is 5. The molecule has 1 atom stereocenters. The Kier molecular flexibility index (Phi) is 5.82. The van der Waals surface area contributed by atoms with E-state index in [0.717, 1.165) is 11.8 Å². The van der Waals surface area contributed by atoms with Gasteiger partial charge in [0.25, 0.3) is 5.91 Å². The molecule has 2 aliphatic rings. The number of amides is 2. The number of benzene rings is 2. The van der Waals surface area contributed by atoms with Crippen molar-refractivity contribution in [2.45, 2.75) is 0 Å². The van der Waals surface area contributed by atoms with Gasteiger partial charge in [-0.25, -0.2) is 10.0 Å². The smallest absolute Gasteiger partial charge is 0.264 e. The number of halogens is 1. The Morgan fingerprint density at radius 1 is 1.20 bits per heavy atom. The molecule has 2 aliphatic heterocycles. The second-order valence-corrected chi connectivity index (χ2v) is 7.65. The molecule has 4 rings (SSSR count). The highest BCUT2D eigenvalue weighted by atomic mass is 35.5. The highest BCUT2D eigenvalue weighted by molar-refractivity contribution is 8.14. The number of fused-ring (bicyclic) bond motifs is 1. The molecule has 0 bridgehead atoms. The van der Waals surface area contributed by atoms with Crippen LogP contribution in [0, 0.1) is 5.92 Å². The maximum Gasteiger partial charge on any atom is 0.264 e. The molecule has 0 saturated carbocycles. The molecule has 0 fully saturated rings. The van der Waals surface area contributed by atoms with E-state index < -0.39 is 5.92 Å². The van der Waals surface area contributed by atoms with Crippen molar-refractivity contribution < 1.29 is 14.3 Å². The predicted molar refractivity (Wildman–Crippen MR) is 120 cm³/mol. The Morgan fingerprint density at radius 2 is 1.97 bits per heavy atom. The lowest BCUT2D eigenvalue weighted by atomic mass is 10.1. The number of thioether (sulfide) groups is 1. The van der Waals surface area contributed by atoms with Crippen molar-refractivity contribution in [3.05, 3.63) is 53.6 Å². The molecule has 2 aromatic carbocycles. The van der Waals surface area contributed by atoms with Gasteiger partial charge in [-0.1, -0.05) is 35.5 Å². The second kappa shape index (κ2) is 8.68. The van der Waals surface area contributed by atoms with Gasteiger partial charge in [-0.2, -0.15) is 10.1 Å². The number of amidine groups is 2. The summed E-state index contributed by atoms with van der Waals surface area (Å²) < 4.78 is 5.38. The quantitative estimate of drug-likeness (QED) is 0.766. The molecule has 0 aromatic heterocycles. The summed E-state index contributed by atoms with van der Waals surface area (Å²) in [5.74, 6) is -0.191. The number of methoxy groups -OCH3 is 1. The molecule has 152 valence electrons. The molecular weight excluding hydrogens is 426 g/mol. The molecule has 2 aromatic rings. The summed E-state index contributed by atoms with van der Waals surface area (Å²) in [6.45, 7) is 0. The SMILES string of the molecule is COc1ccccc1N1N=CC2C(=O)N=C(SCC(=O)Nc3ccc(Cl)cc3)N=C21. The van der Waals surface area contributed by atoms with Gasteiger partial charge in [-0.15, -0.1) is 0 Å². The number of nitrogens with zero attached hydrogens (tertiary/aromatic N) is 4. The van der Waals surface area contributed by atoms with Gasteiger partial charge in [-0.05, 0) is 36.4 Å². The van der Waals surface area contributed by atoms with Crippen molar-refractivity contribution in [1.29, 1.82) is 0 Å². The normalized spacial score (nSPS) is 17.3. The van der Waals surface area contributed by atoms with E-state index in [1.54, 1.807) is 42.5 Å². The molecule has 30 heavy (non-hydrogen) atoms. The maximum absolute atomic E-state index is 12.4. The standard InChI is InChI=1S/C20H16ClN5O3S/c1-29-16-5-3-2-4-15(16)26-18-14(10-22-26)19(28)25-20(24-18)30-11-17(27)23-13-8-6-12(21)7-9-13/h2-10,14H,11H2,1H3,(H,23,27). The van der Waals surface area contributed by atoms with Gasteiger partial charge in [0, 0.05) is 16.9 Å². The highest BCUT2D eigenvalue weighted by Crippen LogP contribution is 2.33. The van der Waals surface area contributed by atoms with Crippen LogP contribution in [0.25, 0.3) is 0 Å². The minimum atomic E-state index is -0.651. The number of nitrogens with one attached hydrogen (secondary N) is 1. The van der Waals surface area contributed by atoms with Gasteiger partial charge in [0.05, 0.1) is 12.9 Å². The van der Waals surface area contributed by atoms with E-state index in [1.807, 2.05) is 18.2 Å². The molecule has 0 aliphatic carbocycles. The van der Waals surface area contributed by atoms with Gasteiger partial charge in [-0.3, -0.25) is 9.59 Å². The van der Waals surface area contributed by atoms with E-state index in [2.05, 4.69) is 20.4 Å². The van der Waals surface area contributed by atoms with Crippen molar-refractivity contribution in [2.24, 2.45) is 21.0 Å². The van der Waals surface area contributed by atoms with Gasteiger partial charge in [0.15, 0.2) is 11.0 Å². The molecule has 10 heteroatoms. The molecule has 1 unspecified atom stereocenters.